The minimum Gasteiger partial charge on any atom is -0.311 e. The molecule has 2 heteroatoms. The van der Waals surface area contributed by atoms with Crippen LogP contribution in [-0.2, 0) is 4.79 Å². The standard InChI is InChI=1S/C6H13NO/c1-4-6(7-3)5(2)8/h6-7H,4H2,1-3H3/t6-/m0/s1. The first-order valence-electron chi connectivity index (χ1n) is 2.90. The van der Waals surface area contributed by atoms with E-state index in [1.165, 1.54) is 0 Å². The third kappa shape index (κ3) is 2.07. The predicted molar refractivity (Wildman–Crippen MR) is 33.8 cm³/mol. The van der Waals surface area contributed by atoms with Crippen LogP contribution in [0.25, 0.3) is 0 Å². The van der Waals surface area contributed by atoms with Crippen LogP contribution >= 0.6 is 0 Å². The summed E-state index contributed by atoms with van der Waals surface area (Å²) in [5.74, 6) is 0.218. The van der Waals surface area contributed by atoms with Crippen LogP contribution in [0, 0.1) is 0 Å². The van der Waals surface area contributed by atoms with E-state index in [0.717, 1.165) is 6.42 Å². The summed E-state index contributed by atoms with van der Waals surface area (Å²) in [6, 6.07) is 0.0648. The molecule has 0 aromatic carbocycles. The highest BCUT2D eigenvalue weighted by Gasteiger charge is 2.05. The zero-order valence-corrected chi connectivity index (χ0v) is 5.69. The lowest BCUT2D eigenvalue weighted by Gasteiger charge is -2.07. The smallest absolute Gasteiger partial charge is 0.146 e. The van der Waals surface area contributed by atoms with Gasteiger partial charge in [-0.1, -0.05) is 6.92 Å². The van der Waals surface area contributed by atoms with Gasteiger partial charge in [0.05, 0.1) is 6.04 Å². The topological polar surface area (TPSA) is 29.1 Å². The van der Waals surface area contributed by atoms with Crippen molar-refractivity contribution in [2.24, 2.45) is 0 Å². The highest BCUT2D eigenvalue weighted by molar-refractivity contribution is 5.81. The molecule has 0 fully saturated rings. The maximum Gasteiger partial charge on any atom is 0.146 e. The minimum atomic E-state index is 0.0648. The summed E-state index contributed by atoms with van der Waals surface area (Å²) < 4.78 is 0. The highest BCUT2D eigenvalue weighted by atomic mass is 16.1. The lowest BCUT2D eigenvalue weighted by atomic mass is 10.1. The Balaban J connectivity index is 3.52. The first-order chi connectivity index (χ1) is 3.72. The van der Waals surface area contributed by atoms with Gasteiger partial charge in [-0.2, -0.15) is 0 Å². The Morgan fingerprint density at radius 1 is 1.75 bits per heavy atom. The Kier molecular flexibility index (Phi) is 3.44. The lowest BCUT2D eigenvalue weighted by Crippen LogP contribution is -2.31. The van der Waals surface area contributed by atoms with Crippen molar-refractivity contribution < 1.29 is 4.79 Å². The Labute approximate surface area is 50.3 Å². The fourth-order valence-corrected chi connectivity index (χ4v) is 0.695. The number of rotatable bonds is 3. The quantitative estimate of drug-likeness (QED) is 0.582. The van der Waals surface area contributed by atoms with Gasteiger partial charge in [0, 0.05) is 0 Å². The molecule has 0 radical (unpaired) electrons. The van der Waals surface area contributed by atoms with Crippen LogP contribution < -0.4 is 5.32 Å². The zero-order chi connectivity index (χ0) is 6.57. The van der Waals surface area contributed by atoms with Crippen LogP contribution in [-0.4, -0.2) is 18.9 Å². The molecule has 0 rings (SSSR count). The molecule has 48 valence electrons. The van der Waals surface area contributed by atoms with Gasteiger partial charge in [-0.15, -0.1) is 0 Å². The van der Waals surface area contributed by atoms with Crippen LogP contribution in [0.3, 0.4) is 0 Å². The van der Waals surface area contributed by atoms with Gasteiger partial charge in [0.2, 0.25) is 0 Å². The van der Waals surface area contributed by atoms with Gasteiger partial charge in [-0.25, -0.2) is 0 Å². The van der Waals surface area contributed by atoms with Crippen LogP contribution in [0.5, 0.6) is 0 Å². The molecule has 1 N–H and O–H groups in total. The Morgan fingerprint density at radius 2 is 2.25 bits per heavy atom. The summed E-state index contributed by atoms with van der Waals surface area (Å²) in [4.78, 5) is 10.5. The molecule has 0 aliphatic rings. The second kappa shape index (κ2) is 3.61. The SMILES string of the molecule is CC[C@H](NC)C(C)=O. The van der Waals surface area contributed by atoms with Gasteiger partial charge in [0.25, 0.3) is 0 Å². The van der Waals surface area contributed by atoms with Gasteiger partial charge >= 0.3 is 0 Å². The molecule has 2 nitrogen and oxygen atoms in total. The average Bonchev–Trinajstić information content (AvgIpc) is 1.69. The number of nitrogens with one attached hydrogen (secondary N) is 1. The average molecular weight is 115 g/mol. The second-order valence-corrected chi connectivity index (χ2v) is 1.86. The van der Waals surface area contributed by atoms with Crippen LogP contribution in [0.1, 0.15) is 20.3 Å². The number of Topliss-reactive ketones (excluding diaryl/α,β-unsaturated/α-hetero) is 1. The van der Waals surface area contributed by atoms with Crippen molar-refractivity contribution in [3.63, 3.8) is 0 Å². The minimum absolute atomic E-state index is 0.0648. The summed E-state index contributed by atoms with van der Waals surface area (Å²) in [5.41, 5.74) is 0. The molecule has 0 aliphatic heterocycles. The van der Waals surface area contributed by atoms with E-state index in [1.54, 1.807) is 14.0 Å². The Hall–Kier alpha value is -0.370. The molecule has 0 unspecified atom stereocenters. The van der Waals surface area contributed by atoms with Gasteiger partial charge in [0.1, 0.15) is 5.78 Å². The summed E-state index contributed by atoms with van der Waals surface area (Å²) in [6.07, 6.45) is 0.881. The van der Waals surface area contributed by atoms with Gasteiger partial charge in [-0.3, -0.25) is 4.79 Å². The van der Waals surface area contributed by atoms with Crippen molar-refractivity contribution in [3.8, 4) is 0 Å². The molecule has 1 atom stereocenters. The molecule has 0 saturated carbocycles. The van der Waals surface area contributed by atoms with Gasteiger partial charge < -0.3 is 5.32 Å². The van der Waals surface area contributed by atoms with Gasteiger partial charge in [0.15, 0.2) is 0 Å². The molecule has 0 aromatic rings. The lowest BCUT2D eigenvalue weighted by molar-refractivity contribution is -0.118. The Morgan fingerprint density at radius 3 is 2.25 bits per heavy atom. The second-order valence-electron chi connectivity index (χ2n) is 1.86. The van der Waals surface area contributed by atoms with Crippen molar-refractivity contribution in [1.29, 1.82) is 0 Å². The number of carbonyl (C=O) groups is 1. The first kappa shape index (κ1) is 7.63. The zero-order valence-electron chi connectivity index (χ0n) is 5.69. The van der Waals surface area contributed by atoms with E-state index in [-0.39, 0.29) is 11.8 Å². The molecule has 0 saturated heterocycles. The number of carbonyl (C=O) groups excluding carboxylic acids is 1. The summed E-state index contributed by atoms with van der Waals surface area (Å²) >= 11 is 0. The summed E-state index contributed by atoms with van der Waals surface area (Å²) in [6.45, 7) is 3.59. The molecular weight excluding hydrogens is 102 g/mol. The van der Waals surface area contributed by atoms with Crippen LogP contribution in [0.2, 0.25) is 0 Å². The largest absolute Gasteiger partial charge is 0.311 e. The monoisotopic (exact) mass is 115 g/mol. The van der Waals surface area contributed by atoms with E-state index in [1.807, 2.05) is 6.92 Å². The van der Waals surface area contributed by atoms with Crippen molar-refractivity contribution in [2.45, 2.75) is 26.3 Å². The predicted octanol–water partition coefficient (Wildman–Crippen LogP) is 0.573. The summed E-state index contributed by atoms with van der Waals surface area (Å²) in [5, 5.41) is 2.90. The van der Waals surface area contributed by atoms with Crippen LogP contribution in [0.15, 0.2) is 0 Å². The van der Waals surface area contributed by atoms with E-state index in [2.05, 4.69) is 5.32 Å². The fraction of sp³-hybridized carbons (Fsp3) is 0.833. The maximum absolute atomic E-state index is 10.5. The molecule has 0 amide bonds. The first-order valence-corrected chi connectivity index (χ1v) is 2.90. The van der Waals surface area contributed by atoms with Gasteiger partial charge in [-0.05, 0) is 20.4 Å². The third-order valence-electron chi connectivity index (χ3n) is 1.25. The Bertz CT molecular complexity index is 76.6. The number of likely N-dealkylation sites (N-methyl/N-ethyl adjacent to an activating group) is 1. The van der Waals surface area contributed by atoms with Crippen molar-refractivity contribution in [3.05, 3.63) is 0 Å². The number of ketones is 1. The molecule has 0 heterocycles. The highest BCUT2D eigenvalue weighted by Crippen LogP contribution is 1.88. The van der Waals surface area contributed by atoms with Crippen molar-refractivity contribution in [1.82, 2.24) is 5.32 Å². The molecule has 0 spiro atoms. The number of hydrogen-bond donors (Lipinski definition) is 1. The molecule has 0 aromatic heterocycles. The van der Waals surface area contributed by atoms with Crippen LogP contribution in [0.4, 0.5) is 0 Å². The van der Waals surface area contributed by atoms with E-state index in [0.29, 0.717) is 0 Å². The molecule has 0 bridgehead atoms. The molecular formula is C6H13NO. The van der Waals surface area contributed by atoms with E-state index in [4.69, 9.17) is 0 Å². The van der Waals surface area contributed by atoms with Crippen molar-refractivity contribution >= 4 is 5.78 Å². The molecule has 8 heavy (non-hydrogen) atoms. The maximum atomic E-state index is 10.5. The van der Waals surface area contributed by atoms with E-state index < -0.39 is 0 Å². The third-order valence-corrected chi connectivity index (χ3v) is 1.25. The van der Waals surface area contributed by atoms with Crippen molar-refractivity contribution in [2.75, 3.05) is 7.05 Å². The fourth-order valence-electron chi connectivity index (χ4n) is 0.695. The van der Waals surface area contributed by atoms with E-state index >= 15 is 0 Å². The summed E-state index contributed by atoms with van der Waals surface area (Å²) in [7, 11) is 1.80. The van der Waals surface area contributed by atoms with E-state index in [9.17, 15) is 4.79 Å². The normalized spacial score (nSPS) is 13.4. The molecule has 0 aliphatic carbocycles. The number of hydrogen-bond acceptors (Lipinski definition) is 2.